The molecule has 0 fully saturated rings. The zero-order valence-electron chi connectivity index (χ0n) is 9.68. The number of rotatable bonds is 2. The molecule has 90 valence electrons. The molecule has 0 atom stereocenters. The number of aromatic carboxylic acids is 1. The van der Waals surface area contributed by atoms with Crippen LogP contribution in [0.15, 0.2) is 36.4 Å². The van der Waals surface area contributed by atoms with Gasteiger partial charge in [-0.3, -0.25) is 0 Å². The van der Waals surface area contributed by atoms with Gasteiger partial charge < -0.3 is 5.11 Å². The lowest BCUT2D eigenvalue weighted by Gasteiger charge is -2.00. The van der Waals surface area contributed by atoms with Gasteiger partial charge in [-0.25, -0.2) is 4.79 Å². The average molecular weight is 256 g/mol. The van der Waals surface area contributed by atoms with Crippen LogP contribution < -0.4 is 0 Å². The summed E-state index contributed by atoms with van der Waals surface area (Å²) in [6.07, 6.45) is 0.763. The van der Waals surface area contributed by atoms with Crippen LogP contribution in [0.25, 0.3) is 10.8 Å². The number of carboxylic acid groups (broad SMARTS) is 1. The maximum absolute atomic E-state index is 10.9. The van der Waals surface area contributed by atoms with Gasteiger partial charge in [0.1, 0.15) is 0 Å². The Morgan fingerprint density at radius 3 is 2.61 bits per heavy atom. The molecule has 0 saturated heterocycles. The van der Waals surface area contributed by atoms with Crippen molar-refractivity contribution >= 4 is 29.4 Å². The largest absolute Gasteiger partial charge is 0.478 e. The van der Waals surface area contributed by atoms with Gasteiger partial charge >= 0.3 is 5.97 Å². The predicted octanol–water partition coefficient (Wildman–Crippen LogP) is 3.21. The first-order chi connectivity index (χ1) is 8.70. The zero-order valence-corrected chi connectivity index (χ0v) is 10.6. The third-order valence-corrected chi connectivity index (χ3v) is 2.78. The molecule has 0 aromatic heterocycles. The highest BCUT2D eigenvalue weighted by molar-refractivity contribution is 7.80. The summed E-state index contributed by atoms with van der Waals surface area (Å²) in [5, 5.41) is 10.8. The standard InChI is InChI=1S/C15H12O2S/c16-15(17)14-7-6-12-9-11(3-1-2-8-18)4-5-13(12)10-14/h4-7,9-10,18H,2,8H2,(H,16,17). The molecule has 0 aliphatic heterocycles. The van der Waals surface area contributed by atoms with E-state index in [0.717, 1.165) is 28.5 Å². The molecule has 0 spiro atoms. The van der Waals surface area contributed by atoms with Crippen molar-refractivity contribution in [2.75, 3.05) is 5.75 Å². The second-order valence-corrected chi connectivity index (χ2v) is 4.30. The molecule has 0 heterocycles. The van der Waals surface area contributed by atoms with E-state index < -0.39 is 5.97 Å². The lowest BCUT2D eigenvalue weighted by atomic mass is 10.0. The molecule has 3 heteroatoms. The second kappa shape index (κ2) is 5.61. The first-order valence-corrected chi connectivity index (χ1v) is 6.21. The SMILES string of the molecule is O=C(O)c1ccc2cc(C#CCCS)ccc2c1. The van der Waals surface area contributed by atoms with E-state index >= 15 is 0 Å². The summed E-state index contributed by atoms with van der Waals surface area (Å²) in [6, 6.07) is 10.8. The van der Waals surface area contributed by atoms with Crippen LogP contribution in [0.1, 0.15) is 22.3 Å². The minimum Gasteiger partial charge on any atom is -0.478 e. The number of benzene rings is 2. The van der Waals surface area contributed by atoms with E-state index in [-0.39, 0.29) is 0 Å². The molecular weight excluding hydrogens is 244 g/mol. The van der Waals surface area contributed by atoms with Crippen molar-refractivity contribution in [1.29, 1.82) is 0 Å². The fourth-order valence-electron chi connectivity index (χ4n) is 1.68. The van der Waals surface area contributed by atoms with Gasteiger partial charge in [-0.2, -0.15) is 12.6 Å². The van der Waals surface area contributed by atoms with Crippen LogP contribution in [0, 0.1) is 11.8 Å². The summed E-state index contributed by atoms with van der Waals surface area (Å²) in [5.41, 5.74) is 1.24. The normalized spacial score (nSPS) is 9.83. The summed E-state index contributed by atoms with van der Waals surface area (Å²) >= 11 is 4.10. The van der Waals surface area contributed by atoms with Crippen molar-refractivity contribution < 1.29 is 9.90 Å². The van der Waals surface area contributed by atoms with Crippen molar-refractivity contribution in [3.63, 3.8) is 0 Å². The molecule has 2 aromatic carbocycles. The Bertz CT molecular complexity index is 650. The van der Waals surface area contributed by atoms with Crippen LogP contribution in [-0.4, -0.2) is 16.8 Å². The van der Waals surface area contributed by atoms with Gasteiger partial charge in [0.15, 0.2) is 0 Å². The van der Waals surface area contributed by atoms with Gasteiger partial charge in [0, 0.05) is 17.7 Å². The second-order valence-electron chi connectivity index (χ2n) is 3.86. The molecule has 0 aliphatic rings. The molecule has 0 amide bonds. The van der Waals surface area contributed by atoms with E-state index in [1.54, 1.807) is 12.1 Å². The number of hydrogen-bond acceptors (Lipinski definition) is 2. The maximum Gasteiger partial charge on any atom is 0.335 e. The van der Waals surface area contributed by atoms with Crippen molar-refractivity contribution in [3.05, 3.63) is 47.5 Å². The minimum atomic E-state index is -0.908. The summed E-state index contributed by atoms with van der Waals surface area (Å²) in [7, 11) is 0. The monoisotopic (exact) mass is 256 g/mol. The molecule has 1 N–H and O–H groups in total. The Morgan fingerprint density at radius 1 is 1.17 bits per heavy atom. The molecule has 0 radical (unpaired) electrons. The Kier molecular flexibility index (Phi) is 3.91. The summed E-state index contributed by atoms with van der Waals surface area (Å²) in [5.74, 6) is 5.93. The van der Waals surface area contributed by atoms with E-state index in [0.29, 0.717) is 5.56 Å². The molecule has 18 heavy (non-hydrogen) atoms. The Balaban J connectivity index is 2.39. The van der Waals surface area contributed by atoms with E-state index in [9.17, 15) is 4.79 Å². The van der Waals surface area contributed by atoms with Gasteiger partial charge in [-0.15, -0.1) is 0 Å². The molecule has 0 aliphatic carbocycles. The molecule has 2 nitrogen and oxygen atoms in total. The quantitative estimate of drug-likeness (QED) is 0.639. The van der Waals surface area contributed by atoms with Gasteiger partial charge in [-0.05, 0) is 35.0 Å². The van der Waals surface area contributed by atoms with E-state index in [2.05, 4.69) is 24.5 Å². The van der Waals surface area contributed by atoms with Crippen molar-refractivity contribution in [1.82, 2.24) is 0 Å². The molecule has 2 aromatic rings. The molecule has 0 saturated carbocycles. The predicted molar refractivity (Wildman–Crippen MR) is 76.3 cm³/mol. The fraction of sp³-hybridized carbons (Fsp3) is 0.133. The molecule has 2 rings (SSSR count). The smallest absolute Gasteiger partial charge is 0.335 e. The number of carboxylic acids is 1. The van der Waals surface area contributed by atoms with Gasteiger partial charge in [0.25, 0.3) is 0 Å². The molecule has 0 unspecified atom stereocenters. The first kappa shape index (κ1) is 12.5. The Morgan fingerprint density at radius 2 is 1.89 bits per heavy atom. The first-order valence-electron chi connectivity index (χ1n) is 5.57. The number of thiol groups is 1. The van der Waals surface area contributed by atoms with Gasteiger partial charge in [-0.1, -0.05) is 24.0 Å². The average Bonchev–Trinajstić information content (AvgIpc) is 2.38. The Labute approximate surface area is 111 Å². The summed E-state index contributed by atoms with van der Waals surface area (Å²) < 4.78 is 0. The van der Waals surface area contributed by atoms with Crippen LogP contribution in [-0.2, 0) is 0 Å². The highest BCUT2D eigenvalue weighted by Gasteiger charge is 2.03. The molecule has 0 bridgehead atoms. The Hall–Kier alpha value is -1.92. The summed E-state index contributed by atoms with van der Waals surface area (Å²) in [6.45, 7) is 0. The summed E-state index contributed by atoms with van der Waals surface area (Å²) in [4.78, 5) is 10.9. The third kappa shape index (κ3) is 2.85. The highest BCUT2D eigenvalue weighted by atomic mass is 32.1. The van der Waals surface area contributed by atoms with Crippen LogP contribution in [0.2, 0.25) is 0 Å². The third-order valence-electron chi connectivity index (χ3n) is 2.56. The van der Waals surface area contributed by atoms with Crippen LogP contribution in [0.5, 0.6) is 0 Å². The van der Waals surface area contributed by atoms with E-state index in [1.165, 1.54) is 0 Å². The van der Waals surface area contributed by atoms with E-state index in [1.807, 2.05) is 24.3 Å². The van der Waals surface area contributed by atoms with Crippen LogP contribution >= 0.6 is 12.6 Å². The van der Waals surface area contributed by atoms with Crippen molar-refractivity contribution in [3.8, 4) is 11.8 Å². The topological polar surface area (TPSA) is 37.3 Å². The van der Waals surface area contributed by atoms with Crippen molar-refractivity contribution in [2.24, 2.45) is 0 Å². The highest BCUT2D eigenvalue weighted by Crippen LogP contribution is 2.17. The van der Waals surface area contributed by atoms with Crippen LogP contribution in [0.3, 0.4) is 0 Å². The minimum absolute atomic E-state index is 0.302. The maximum atomic E-state index is 10.9. The fourth-order valence-corrected chi connectivity index (χ4v) is 1.79. The lowest BCUT2D eigenvalue weighted by molar-refractivity contribution is 0.0697. The van der Waals surface area contributed by atoms with Gasteiger partial charge in [0.05, 0.1) is 5.56 Å². The van der Waals surface area contributed by atoms with Gasteiger partial charge in [0.2, 0.25) is 0 Å². The van der Waals surface area contributed by atoms with Crippen LogP contribution in [0.4, 0.5) is 0 Å². The van der Waals surface area contributed by atoms with E-state index in [4.69, 9.17) is 5.11 Å². The lowest BCUT2D eigenvalue weighted by Crippen LogP contribution is -1.95. The number of carbonyl (C=O) groups is 1. The molecular formula is C15H12O2S. The number of hydrogen-bond donors (Lipinski definition) is 2. The van der Waals surface area contributed by atoms with Crippen molar-refractivity contribution in [2.45, 2.75) is 6.42 Å². The zero-order chi connectivity index (χ0) is 13.0. The number of fused-ring (bicyclic) bond motifs is 1.